The Bertz CT molecular complexity index is 734. The smallest absolute Gasteiger partial charge is 0.224 e. The Morgan fingerprint density at radius 2 is 1.47 bits per heavy atom. The molecule has 7 heteroatoms. The van der Waals surface area contributed by atoms with E-state index in [2.05, 4.69) is 40.4 Å². The Kier molecular flexibility index (Phi) is 12.2. The molecule has 166 valence electrons. The van der Waals surface area contributed by atoms with Crippen molar-refractivity contribution < 1.29 is 4.79 Å². The molecule has 0 fully saturated rings. The highest BCUT2D eigenvalue weighted by atomic mass is 32.1. The number of carbonyl (C=O) groups excluding carboxylic acids is 1. The quantitative estimate of drug-likeness (QED) is 0.239. The number of thiol groups is 1. The summed E-state index contributed by atoms with van der Waals surface area (Å²) in [4.78, 5) is 12.3. The Morgan fingerprint density at radius 3 is 2.03 bits per heavy atom. The van der Waals surface area contributed by atoms with Gasteiger partial charge in [0.25, 0.3) is 0 Å². The molecule has 6 nitrogen and oxygen atoms in total. The van der Waals surface area contributed by atoms with Crippen molar-refractivity contribution in [3.8, 4) is 5.69 Å². The molecule has 0 bridgehead atoms. The Morgan fingerprint density at radius 1 is 0.900 bits per heavy atom. The third kappa shape index (κ3) is 9.28. The van der Waals surface area contributed by atoms with Crippen LogP contribution in [0.1, 0.15) is 96.8 Å². The number of tetrazole rings is 1. The molecule has 0 saturated carbocycles. The van der Waals surface area contributed by atoms with Gasteiger partial charge in [-0.15, -0.1) is 17.7 Å². The predicted molar refractivity (Wildman–Crippen MR) is 125 cm³/mol. The van der Waals surface area contributed by atoms with Gasteiger partial charge in [-0.2, -0.15) is 4.68 Å². The Hall–Kier alpha value is -1.89. The number of rotatable bonds is 16. The van der Waals surface area contributed by atoms with Gasteiger partial charge < -0.3 is 5.32 Å². The van der Waals surface area contributed by atoms with Crippen LogP contribution in [0, 0.1) is 0 Å². The number of hydrogen-bond donors (Lipinski definition) is 2. The van der Waals surface area contributed by atoms with E-state index in [-0.39, 0.29) is 5.91 Å². The topological polar surface area (TPSA) is 72.7 Å². The normalized spacial score (nSPS) is 11.0. The Balaban J connectivity index is 1.53. The number of unbranched alkanes of at least 4 members (excludes halogenated alkanes) is 12. The molecule has 1 amide bonds. The van der Waals surface area contributed by atoms with Gasteiger partial charge in [0.05, 0.1) is 11.4 Å². The molecule has 0 unspecified atom stereocenters. The second kappa shape index (κ2) is 15.0. The molecular weight excluding hydrogens is 394 g/mol. The minimum Gasteiger partial charge on any atom is -0.324 e. The van der Waals surface area contributed by atoms with Gasteiger partial charge in [0.2, 0.25) is 11.1 Å². The standard InChI is InChI=1S/C23H37N5OS/c1-2-3-4-5-6-7-8-9-10-11-12-13-14-19-22(29)24-20-17-15-16-18-21(20)28-23(30)25-26-27-28/h15-18H,2-14,19H2,1H3,(H,24,29)(H,25,27,30). The van der Waals surface area contributed by atoms with Crippen molar-refractivity contribution >= 4 is 24.2 Å². The number of benzene rings is 1. The fourth-order valence-electron chi connectivity index (χ4n) is 3.62. The SMILES string of the molecule is CCCCCCCCCCCCCCCC(=O)Nc1ccccc1-n1nnnc1S. The van der Waals surface area contributed by atoms with Crippen LogP contribution in [0.2, 0.25) is 0 Å². The van der Waals surface area contributed by atoms with Crippen molar-refractivity contribution in [3.05, 3.63) is 24.3 Å². The minimum absolute atomic E-state index is 0.0271. The number of aromatic nitrogens is 4. The zero-order valence-corrected chi connectivity index (χ0v) is 19.2. The van der Waals surface area contributed by atoms with Gasteiger partial charge in [0, 0.05) is 6.42 Å². The van der Waals surface area contributed by atoms with Crippen LogP contribution >= 0.6 is 12.6 Å². The van der Waals surface area contributed by atoms with E-state index in [0.29, 0.717) is 23.0 Å². The molecule has 1 aromatic heterocycles. The maximum absolute atomic E-state index is 12.3. The van der Waals surface area contributed by atoms with E-state index in [1.807, 2.05) is 24.3 Å². The third-order valence-corrected chi connectivity index (χ3v) is 5.65. The summed E-state index contributed by atoms with van der Waals surface area (Å²) in [6, 6.07) is 7.47. The zero-order chi connectivity index (χ0) is 21.4. The highest BCUT2D eigenvalue weighted by Gasteiger charge is 2.11. The van der Waals surface area contributed by atoms with Crippen molar-refractivity contribution in [2.75, 3.05) is 5.32 Å². The van der Waals surface area contributed by atoms with Gasteiger partial charge in [0.15, 0.2) is 0 Å². The van der Waals surface area contributed by atoms with Gasteiger partial charge in [-0.1, -0.05) is 96.1 Å². The summed E-state index contributed by atoms with van der Waals surface area (Å²) < 4.78 is 1.50. The summed E-state index contributed by atoms with van der Waals surface area (Å²) in [5.41, 5.74) is 1.41. The predicted octanol–water partition coefficient (Wildman–Crippen LogP) is 6.37. The van der Waals surface area contributed by atoms with Crippen LogP contribution in [-0.4, -0.2) is 26.1 Å². The van der Waals surface area contributed by atoms with E-state index in [1.54, 1.807) is 0 Å². The Labute approximate surface area is 186 Å². The maximum atomic E-state index is 12.3. The van der Waals surface area contributed by atoms with E-state index in [0.717, 1.165) is 12.8 Å². The molecule has 2 aromatic rings. The second-order valence-corrected chi connectivity index (χ2v) is 8.35. The van der Waals surface area contributed by atoms with Crippen molar-refractivity contribution in [2.45, 2.75) is 102 Å². The molecule has 0 atom stereocenters. The lowest BCUT2D eigenvalue weighted by Gasteiger charge is -2.10. The maximum Gasteiger partial charge on any atom is 0.224 e. The lowest BCUT2D eigenvalue weighted by Crippen LogP contribution is -2.13. The second-order valence-electron chi connectivity index (χ2n) is 7.95. The lowest BCUT2D eigenvalue weighted by atomic mass is 10.0. The number of nitrogens with one attached hydrogen (secondary N) is 1. The number of nitrogens with zero attached hydrogens (tertiary/aromatic N) is 4. The van der Waals surface area contributed by atoms with Gasteiger partial charge in [-0.05, 0) is 29.0 Å². The first-order chi connectivity index (χ1) is 14.7. The van der Waals surface area contributed by atoms with Gasteiger partial charge >= 0.3 is 0 Å². The largest absolute Gasteiger partial charge is 0.324 e. The summed E-state index contributed by atoms with van der Waals surface area (Å²) in [5, 5.41) is 14.7. The fourth-order valence-corrected chi connectivity index (χ4v) is 3.81. The van der Waals surface area contributed by atoms with Gasteiger partial charge in [0.1, 0.15) is 0 Å². The first-order valence-electron chi connectivity index (χ1n) is 11.6. The van der Waals surface area contributed by atoms with Crippen LogP contribution in [0.15, 0.2) is 29.4 Å². The average molecular weight is 432 g/mol. The van der Waals surface area contributed by atoms with Crippen molar-refractivity contribution in [2.24, 2.45) is 0 Å². The number of para-hydroxylation sites is 2. The molecule has 0 radical (unpaired) electrons. The van der Waals surface area contributed by atoms with Crippen molar-refractivity contribution in [1.29, 1.82) is 0 Å². The molecule has 0 aliphatic rings. The summed E-state index contributed by atoms with van der Waals surface area (Å²) in [5.74, 6) is 0.0271. The minimum atomic E-state index is 0.0271. The molecule has 0 saturated heterocycles. The van der Waals surface area contributed by atoms with E-state index in [1.165, 1.54) is 75.3 Å². The fraction of sp³-hybridized carbons (Fsp3) is 0.652. The van der Waals surface area contributed by atoms with Gasteiger partial charge in [-0.25, -0.2) is 0 Å². The number of carbonyl (C=O) groups is 1. The summed E-state index contributed by atoms with van der Waals surface area (Å²) in [6.45, 7) is 2.27. The van der Waals surface area contributed by atoms with E-state index in [4.69, 9.17) is 0 Å². The molecule has 0 aliphatic heterocycles. The van der Waals surface area contributed by atoms with Crippen LogP contribution < -0.4 is 5.32 Å². The summed E-state index contributed by atoms with van der Waals surface area (Å²) in [6.07, 6.45) is 17.5. The summed E-state index contributed by atoms with van der Waals surface area (Å²) >= 11 is 4.25. The number of amides is 1. The molecule has 0 aliphatic carbocycles. The lowest BCUT2D eigenvalue weighted by molar-refractivity contribution is -0.116. The molecule has 0 spiro atoms. The van der Waals surface area contributed by atoms with Crippen molar-refractivity contribution in [3.63, 3.8) is 0 Å². The molecule has 1 aromatic carbocycles. The van der Waals surface area contributed by atoms with Crippen LogP contribution in [0.25, 0.3) is 5.69 Å². The van der Waals surface area contributed by atoms with Gasteiger partial charge in [-0.3, -0.25) is 4.79 Å². The van der Waals surface area contributed by atoms with E-state index >= 15 is 0 Å². The monoisotopic (exact) mass is 431 g/mol. The average Bonchev–Trinajstić information content (AvgIpc) is 3.17. The highest BCUT2D eigenvalue weighted by Crippen LogP contribution is 2.21. The highest BCUT2D eigenvalue weighted by molar-refractivity contribution is 7.80. The summed E-state index contributed by atoms with van der Waals surface area (Å²) in [7, 11) is 0. The van der Waals surface area contributed by atoms with E-state index < -0.39 is 0 Å². The number of anilines is 1. The van der Waals surface area contributed by atoms with Crippen LogP contribution in [0.5, 0.6) is 0 Å². The zero-order valence-electron chi connectivity index (χ0n) is 18.4. The number of hydrogen-bond acceptors (Lipinski definition) is 5. The molecule has 2 rings (SSSR count). The molecule has 1 heterocycles. The molecule has 30 heavy (non-hydrogen) atoms. The van der Waals surface area contributed by atoms with E-state index in [9.17, 15) is 4.79 Å². The molecule has 1 N–H and O–H groups in total. The molecular formula is C23H37N5OS. The van der Waals surface area contributed by atoms with Crippen LogP contribution in [0.3, 0.4) is 0 Å². The van der Waals surface area contributed by atoms with Crippen molar-refractivity contribution in [1.82, 2.24) is 20.2 Å². The first-order valence-corrected chi connectivity index (χ1v) is 12.0. The van der Waals surface area contributed by atoms with Crippen LogP contribution in [0.4, 0.5) is 5.69 Å². The third-order valence-electron chi connectivity index (χ3n) is 5.37. The first kappa shape index (κ1) is 24.4. The van der Waals surface area contributed by atoms with Crippen LogP contribution in [-0.2, 0) is 4.79 Å².